The predicted octanol–water partition coefficient (Wildman–Crippen LogP) is 0.528. The molecule has 2 N–H and O–H groups in total. The molecule has 1 saturated carbocycles. The predicted molar refractivity (Wildman–Crippen MR) is 35.0 cm³/mol. The van der Waals surface area contributed by atoms with Crippen LogP contribution in [0.2, 0.25) is 0 Å². The van der Waals surface area contributed by atoms with Crippen LogP contribution in [0, 0.1) is 5.92 Å². The minimum atomic E-state index is -0.764. The van der Waals surface area contributed by atoms with Gasteiger partial charge in [0.05, 0.1) is 11.7 Å². The quantitative estimate of drug-likeness (QED) is 0.543. The van der Waals surface area contributed by atoms with Gasteiger partial charge in [0.15, 0.2) is 0 Å². The van der Waals surface area contributed by atoms with Crippen molar-refractivity contribution in [3.05, 3.63) is 0 Å². The Morgan fingerprint density at radius 3 is 2.11 bits per heavy atom. The second kappa shape index (κ2) is 1.96. The van der Waals surface area contributed by atoms with Gasteiger partial charge in [-0.15, -0.1) is 0 Å². The SMILES string of the molecule is CC(C)C1(O)CCC1O. The lowest BCUT2D eigenvalue weighted by Crippen LogP contribution is -2.55. The molecule has 1 aliphatic carbocycles. The Balaban J connectivity index is 2.53. The Hall–Kier alpha value is -0.0800. The standard InChI is InChI=1S/C7H14O2/c1-5(2)7(9)4-3-6(7)8/h5-6,8-9H,3-4H2,1-2H3. The lowest BCUT2D eigenvalue weighted by molar-refractivity contribution is -0.170. The fraction of sp³-hybridized carbons (Fsp3) is 1.00. The van der Waals surface area contributed by atoms with Gasteiger partial charge in [0.25, 0.3) is 0 Å². The molecule has 54 valence electrons. The van der Waals surface area contributed by atoms with Gasteiger partial charge in [-0.25, -0.2) is 0 Å². The molecule has 0 heterocycles. The van der Waals surface area contributed by atoms with Gasteiger partial charge in [0, 0.05) is 0 Å². The average molecular weight is 130 g/mol. The minimum Gasteiger partial charge on any atom is -0.390 e. The van der Waals surface area contributed by atoms with Crippen molar-refractivity contribution in [2.75, 3.05) is 0 Å². The highest BCUT2D eigenvalue weighted by molar-refractivity contribution is 4.98. The van der Waals surface area contributed by atoms with Crippen molar-refractivity contribution in [1.29, 1.82) is 0 Å². The third-order valence-electron chi connectivity index (χ3n) is 2.40. The molecule has 1 aliphatic rings. The minimum absolute atomic E-state index is 0.182. The summed E-state index contributed by atoms with van der Waals surface area (Å²) >= 11 is 0. The van der Waals surface area contributed by atoms with Crippen molar-refractivity contribution in [3.63, 3.8) is 0 Å². The smallest absolute Gasteiger partial charge is 0.0929 e. The first kappa shape index (κ1) is 7.03. The van der Waals surface area contributed by atoms with Crippen molar-refractivity contribution in [2.24, 2.45) is 5.92 Å². The van der Waals surface area contributed by atoms with Crippen LogP contribution >= 0.6 is 0 Å². The zero-order valence-corrected chi connectivity index (χ0v) is 5.96. The van der Waals surface area contributed by atoms with E-state index in [1.54, 1.807) is 0 Å². The lowest BCUT2D eigenvalue weighted by atomic mass is 9.70. The first-order valence-electron chi connectivity index (χ1n) is 3.48. The maximum atomic E-state index is 9.51. The normalized spacial score (nSPS) is 43.0. The van der Waals surface area contributed by atoms with Gasteiger partial charge in [-0.1, -0.05) is 13.8 Å². The maximum Gasteiger partial charge on any atom is 0.0929 e. The second-order valence-electron chi connectivity index (χ2n) is 3.20. The van der Waals surface area contributed by atoms with Crippen LogP contribution in [0.3, 0.4) is 0 Å². The van der Waals surface area contributed by atoms with Crippen molar-refractivity contribution < 1.29 is 10.2 Å². The summed E-state index contributed by atoms with van der Waals surface area (Å²) in [6.45, 7) is 3.87. The highest BCUT2D eigenvalue weighted by Crippen LogP contribution is 2.37. The van der Waals surface area contributed by atoms with E-state index in [2.05, 4.69) is 0 Å². The monoisotopic (exact) mass is 130 g/mol. The molecule has 0 spiro atoms. The zero-order valence-electron chi connectivity index (χ0n) is 5.96. The third-order valence-corrected chi connectivity index (χ3v) is 2.40. The molecule has 1 rings (SSSR count). The van der Waals surface area contributed by atoms with E-state index in [-0.39, 0.29) is 5.92 Å². The molecule has 9 heavy (non-hydrogen) atoms. The highest BCUT2D eigenvalue weighted by Gasteiger charge is 2.46. The molecule has 0 radical (unpaired) electrons. The number of rotatable bonds is 1. The fourth-order valence-corrected chi connectivity index (χ4v) is 1.24. The van der Waals surface area contributed by atoms with Crippen LogP contribution in [0.25, 0.3) is 0 Å². The zero-order chi connectivity index (χ0) is 7.07. The number of aliphatic hydroxyl groups is 2. The van der Waals surface area contributed by atoms with E-state index in [0.29, 0.717) is 0 Å². The van der Waals surface area contributed by atoms with Gasteiger partial charge in [0.2, 0.25) is 0 Å². The summed E-state index contributed by atoms with van der Waals surface area (Å²) in [6, 6.07) is 0. The van der Waals surface area contributed by atoms with Gasteiger partial charge in [-0.3, -0.25) is 0 Å². The molecule has 2 nitrogen and oxygen atoms in total. The molecule has 2 heteroatoms. The molecule has 1 fully saturated rings. The number of aliphatic hydroxyl groups excluding tert-OH is 1. The highest BCUT2D eigenvalue weighted by atomic mass is 16.3. The molecule has 0 aromatic heterocycles. The molecule has 2 unspecified atom stereocenters. The van der Waals surface area contributed by atoms with E-state index >= 15 is 0 Å². The van der Waals surface area contributed by atoms with Gasteiger partial charge < -0.3 is 10.2 Å². The summed E-state index contributed by atoms with van der Waals surface area (Å²) in [5, 5.41) is 18.6. The van der Waals surface area contributed by atoms with Gasteiger partial charge in [-0.05, 0) is 18.8 Å². The van der Waals surface area contributed by atoms with Gasteiger partial charge >= 0.3 is 0 Å². The molecule has 0 aromatic rings. The maximum absolute atomic E-state index is 9.51. The third kappa shape index (κ3) is 0.864. The Morgan fingerprint density at radius 1 is 1.56 bits per heavy atom. The van der Waals surface area contributed by atoms with E-state index in [4.69, 9.17) is 5.11 Å². The molecule has 2 atom stereocenters. The fourth-order valence-electron chi connectivity index (χ4n) is 1.24. The molecule has 0 aromatic carbocycles. The van der Waals surface area contributed by atoms with Gasteiger partial charge in [0.1, 0.15) is 0 Å². The van der Waals surface area contributed by atoms with Crippen LogP contribution in [0.5, 0.6) is 0 Å². The van der Waals surface area contributed by atoms with E-state index < -0.39 is 11.7 Å². The van der Waals surface area contributed by atoms with E-state index in [0.717, 1.165) is 12.8 Å². The molecule has 0 aliphatic heterocycles. The van der Waals surface area contributed by atoms with E-state index in [9.17, 15) is 5.11 Å². The lowest BCUT2D eigenvalue weighted by Gasteiger charge is -2.45. The number of hydrogen-bond donors (Lipinski definition) is 2. The van der Waals surface area contributed by atoms with Crippen LogP contribution in [0.4, 0.5) is 0 Å². The summed E-state index contributed by atoms with van der Waals surface area (Å²) in [5.74, 6) is 0.182. The van der Waals surface area contributed by atoms with Crippen molar-refractivity contribution in [3.8, 4) is 0 Å². The van der Waals surface area contributed by atoms with E-state index in [1.807, 2.05) is 13.8 Å². The first-order chi connectivity index (χ1) is 4.07. The van der Waals surface area contributed by atoms with Crippen LogP contribution in [-0.2, 0) is 0 Å². The Labute approximate surface area is 55.5 Å². The molecular weight excluding hydrogens is 116 g/mol. The topological polar surface area (TPSA) is 40.5 Å². The molecule has 0 bridgehead atoms. The number of hydrogen-bond acceptors (Lipinski definition) is 2. The summed E-state index contributed by atoms with van der Waals surface area (Å²) < 4.78 is 0. The van der Waals surface area contributed by atoms with Crippen LogP contribution in [0.15, 0.2) is 0 Å². The second-order valence-corrected chi connectivity index (χ2v) is 3.20. The van der Waals surface area contributed by atoms with Crippen LogP contribution < -0.4 is 0 Å². The van der Waals surface area contributed by atoms with Crippen LogP contribution in [0.1, 0.15) is 26.7 Å². The molecule has 0 amide bonds. The Kier molecular flexibility index (Phi) is 1.53. The molecule has 0 saturated heterocycles. The Morgan fingerprint density at radius 2 is 2.11 bits per heavy atom. The summed E-state index contributed by atoms with van der Waals surface area (Å²) in [6.07, 6.45) is 1.04. The largest absolute Gasteiger partial charge is 0.390 e. The van der Waals surface area contributed by atoms with Gasteiger partial charge in [-0.2, -0.15) is 0 Å². The first-order valence-corrected chi connectivity index (χ1v) is 3.48. The Bertz CT molecular complexity index is 105. The van der Waals surface area contributed by atoms with Crippen molar-refractivity contribution in [1.82, 2.24) is 0 Å². The summed E-state index contributed by atoms with van der Waals surface area (Å²) in [5.41, 5.74) is -0.764. The van der Waals surface area contributed by atoms with Crippen LogP contribution in [-0.4, -0.2) is 21.9 Å². The molecular formula is C7H14O2. The van der Waals surface area contributed by atoms with Crippen molar-refractivity contribution >= 4 is 0 Å². The van der Waals surface area contributed by atoms with E-state index in [1.165, 1.54) is 0 Å². The summed E-state index contributed by atoms with van der Waals surface area (Å²) in [4.78, 5) is 0. The average Bonchev–Trinajstić information content (AvgIpc) is 1.82. The van der Waals surface area contributed by atoms with Crippen molar-refractivity contribution in [2.45, 2.75) is 38.4 Å². The summed E-state index contributed by atoms with van der Waals surface area (Å²) in [7, 11) is 0.